The Labute approximate surface area is 161 Å². The Morgan fingerprint density at radius 3 is 2.50 bits per heavy atom. The highest BCUT2D eigenvalue weighted by molar-refractivity contribution is 6.10. The summed E-state index contributed by atoms with van der Waals surface area (Å²) in [7, 11) is 0. The number of pyridine rings is 1. The minimum atomic E-state index is -2.02. The van der Waals surface area contributed by atoms with E-state index in [0.717, 1.165) is 0 Å². The lowest BCUT2D eigenvalue weighted by Gasteiger charge is -2.23. The highest BCUT2D eigenvalue weighted by Gasteiger charge is 2.51. The van der Waals surface area contributed by atoms with E-state index in [4.69, 9.17) is 0 Å². The number of amides is 1. The summed E-state index contributed by atoms with van der Waals surface area (Å²) in [5, 5.41) is 11.2. The zero-order valence-electron chi connectivity index (χ0n) is 14.9. The first-order valence-corrected chi connectivity index (χ1v) is 8.82. The lowest BCUT2D eigenvalue weighted by Crippen LogP contribution is -2.41. The Morgan fingerprint density at radius 2 is 1.75 bits per heavy atom. The number of ketones is 1. The van der Waals surface area contributed by atoms with Gasteiger partial charge in [0.05, 0.1) is 18.7 Å². The summed E-state index contributed by atoms with van der Waals surface area (Å²) in [5.41, 5.74) is -0.719. The molecule has 2 aromatic carbocycles. The van der Waals surface area contributed by atoms with Gasteiger partial charge in [-0.15, -0.1) is 0 Å². The van der Waals surface area contributed by atoms with Crippen molar-refractivity contribution in [3.63, 3.8) is 0 Å². The maximum atomic E-state index is 14.1. The number of aliphatic hydroxyl groups is 1. The molecular weight excluding hydrogens is 359 g/mol. The number of hydrogen-bond donors (Lipinski definition) is 1. The molecule has 0 saturated carbocycles. The van der Waals surface area contributed by atoms with Crippen LogP contribution in [-0.2, 0) is 16.9 Å². The molecule has 0 fully saturated rings. The molecule has 0 aliphatic carbocycles. The SMILES string of the molecule is O=C(CC1(O)C(=O)N(Cc2ccccc2F)c2ccccc21)c1ccccn1. The molecule has 1 unspecified atom stereocenters. The Bertz CT molecular complexity index is 1050. The van der Waals surface area contributed by atoms with Crippen LogP contribution in [0.1, 0.15) is 28.0 Å². The van der Waals surface area contributed by atoms with Gasteiger partial charge >= 0.3 is 0 Å². The van der Waals surface area contributed by atoms with Gasteiger partial charge in [0.2, 0.25) is 0 Å². The maximum Gasteiger partial charge on any atom is 0.264 e. The van der Waals surface area contributed by atoms with E-state index in [2.05, 4.69) is 4.98 Å². The number of rotatable bonds is 5. The van der Waals surface area contributed by atoms with Crippen molar-refractivity contribution in [1.82, 2.24) is 4.98 Å². The molecule has 0 bridgehead atoms. The van der Waals surface area contributed by atoms with Crippen molar-refractivity contribution >= 4 is 17.4 Å². The third-order valence-corrected chi connectivity index (χ3v) is 4.89. The Kier molecular flexibility index (Phi) is 4.49. The molecule has 0 radical (unpaired) electrons. The first-order valence-electron chi connectivity index (χ1n) is 8.82. The second-order valence-corrected chi connectivity index (χ2v) is 6.68. The van der Waals surface area contributed by atoms with Crippen molar-refractivity contribution in [2.75, 3.05) is 4.90 Å². The molecule has 1 amide bonds. The van der Waals surface area contributed by atoms with Gasteiger partial charge in [0.15, 0.2) is 11.4 Å². The van der Waals surface area contributed by atoms with Crippen molar-refractivity contribution in [3.8, 4) is 0 Å². The zero-order valence-corrected chi connectivity index (χ0v) is 14.9. The second kappa shape index (κ2) is 6.98. The van der Waals surface area contributed by atoms with Gasteiger partial charge in [-0.1, -0.05) is 42.5 Å². The van der Waals surface area contributed by atoms with Crippen molar-refractivity contribution in [2.45, 2.75) is 18.6 Å². The van der Waals surface area contributed by atoms with Crippen molar-refractivity contribution in [1.29, 1.82) is 0 Å². The maximum absolute atomic E-state index is 14.1. The van der Waals surface area contributed by atoms with E-state index in [1.807, 2.05) is 0 Å². The van der Waals surface area contributed by atoms with Crippen LogP contribution in [0.25, 0.3) is 0 Å². The van der Waals surface area contributed by atoms with Crippen LogP contribution in [0.3, 0.4) is 0 Å². The highest BCUT2D eigenvalue weighted by Crippen LogP contribution is 2.43. The van der Waals surface area contributed by atoms with Gasteiger partial charge in [-0.05, 0) is 24.3 Å². The smallest absolute Gasteiger partial charge is 0.264 e. The predicted molar refractivity (Wildman–Crippen MR) is 101 cm³/mol. The number of fused-ring (bicyclic) bond motifs is 1. The molecule has 1 aliphatic rings. The molecule has 6 heteroatoms. The van der Waals surface area contributed by atoms with E-state index < -0.39 is 29.5 Å². The minimum absolute atomic E-state index is 0.0391. The summed E-state index contributed by atoms with van der Waals surface area (Å²) in [5.74, 6) is -1.53. The molecule has 1 aromatic heterocycles. The van der Waals surface area contributed by atoms with Crippen LogP contribution in [0.2, 0.25) is 0 Å². The summed E-state index contributed by atoms with van der Waals surface area (Å²) in [6.45, 7) is -0.0391. The molecule has 140 valence electrons. The Balaban J connectivity index is 1.70. The van der Waals surface area contributed by atoms with Gasteiger partial charge in [-0.25, -0.2) is 4.39 Å². The molecule has 1 atom stereocenters. The molecule has 2 heterocycles. The average molecular weight is 376 g/mol. The Hall–Kier alpha value is -3.38. The zero-order chi connectivity index (χ0) is 19.7. The number of hydrogen-bond acceptors (Lipinski definition) is 4. The van der Waals surface area contributed by atoms with E-state index in [-0.39, 0.29) is 12.2 Å². The van der Waals surface area contributed by atoms with E-state index in [9.17, 15) is 19.1 Å². The van der Waals surface area contributed by atoms with Gasteiger partial charge in [0.25, 0.3) is 5.91 Å². The van der Waals surface area contributed by atoms with Crippen LogP contribution in [-0.4, -0.2) is 21.8 Å². The molecule has 5 nitrogen and oxygen atoms in total. The molecule has 28 heavy (non-hydrogen) atoms. The summed E-state index contributed by atoms with van der Waals surface area (Å²) >= 11 is 0. The predicted octanol–water partition coefficient (Wildman–Crippen LogP) is 3.23. The lowest BCUT2D eigenvalue weighted by atomic mass is 9.89. The van der Waals surface area contributed by atoms with Gasteiger partial charge in [0, 0.05) is 17.3 Å². The van der Waals surface area contributed by atoms with E-state index >= 15 is 0 Å². The number of Topliss-reactive ketones (excluding diaryl/α,β-unsaturated/α-hetero) is 1. The third kappa shape index (κ3) is 2.97. The largest absolute Gasteiger partial charge is 0.375 e. The first kappa shape index (κ1) is 18.0. The Morgan fingerprint density at radius 1 is 1.04 bits per heavy atom. The van der Waals surface area contributed by atoms with Crippen molar-refractivity contribution in [3.05, 3.63) is 95.6 Å². The quantitative estimate of drug-likeness (QED) is 0.694. The number of halogens is 1. The number of benzene rings is 2. The number of aromatic nitrogens is 1. The van der Waals surface area contributed by atoms with Gasteiger partial charge in [0.1, 0.15) is 11.5 Å². The topological polar surface area (TPSA) is 70.5 Å². The number of carbonyl (C=O) groups is 2. The van der Waals surface area contributed by atoms with Crippen LogP contribution < -0.4 is 4.90 Å². The summed E-state index contributed by atoms with van der Waals surface area (Å²) in [6, 6.07) is 17.7. The number of para-hydroxylation sites is 1. The van der Waals surface area contributed by atoms with Crippen LogP contribution in [0.4, 0.5) is 10.1 Å². The molecule has 1 N–H and O–H groups in total. The van der Waals surface area contributed by atoms with Crippen LogP contribution in [0.15, 0.2) is 72.9 Å². The van der Waals surface area contributed by atoms with E-state index in [1.54, 1.807) is 54.6 Å². The van der Waals surface area contributed by atoms with Gasteiger partial charge < -0.3 is 10.0 Å². The minimum Gasteiger partial charge on any atom is -0.375 e. The summed E-state index contributed by atoms with van der Waals surface area (Å²) in [4.78, 5) is 31.1. The van der Waals surface area contributed by atoms with Gasteiger partial charge in [-0.3, -0.25) is 14.6 Å². The monoisotopic (exact) mass is 376 g/mol. The van der Waals surface area contributed by atoms with Crippen LogP contribution >= 0.6 is 0 Å². The van der Waals surface area contributed by atoms with Crippen LogP contribution in [0.5, 0.6) is 0 Å². The number of nitrogens with zero attached hydrogens (tertiary/aromatic N) is 2. The fourth-order valence-corrected chi connectivity index (χ4v) is 3.48. The van der Waals surface area contributed by atoms with E-state index in [0.29, 0.717) is 16.8 Å². The second-order valence-electron chi connectivity index (χ2n) is 6.68. The average Bonchev–Trinajstić information content (AvgIpc) is 2.92. The standard InChI is InChI=1S/C22H17FN2O3/c23-17-9-3-1-7-15(17)14-25-19-11-4-2-8-16(19)22(28,21(25)27)13-20(26)18-10-5-6-12-24-18/h1-12,28H,13-14H2. The molecule has 4 rings (SSSR count). The number of carbonyl (C=O) groups excluding carboxylic acids is 2. The summed E-state index contributed by atoms with van der Waals surface area (Å²) in [6.07, 6.45) is 1.04. The lowest BCUT2D eigenvalue weighted by molar-refractivity contribution is -0.136. The van der Waals surface area contributed by atoms with Crippen molar-refractivity contribution < 1.29 is 19.1 Å². The third-order valence-electron chi connectivity index (χ3n) is 4.89. The van der Waals surface area contributed by atoms with E-state index in [1.165, 1.54) is 23.2 Å². The molecule has 0 spiro atoms. The fourth-order valence-electron chi connectivity index (χ4n) is 3.48. The first-order chi connectivity index (χ1) is 13.5. The molecule has 0 saturated heterocycles. The highest BCUT2D eigenvalue weighted by atomic mass is 19.1. The number of anilines is 1. The molecule has 1 aliphatic heterocycles. The van der Waals surface area contributed by atoms with Gasteiger partial charge in [-0.2, -0.15) is 0 Å². The molecule has 3 aromatic rings. The molecular formula is C22H17FN2O3. The van der Waals surface area contributed by atoms with Crippen LogP contribution in [0, 0.1) is 5.82 Å². The summed E-state index contributed by atoms with van der Waals surface area (Å²) < 4.78 is 14.1. The normalized spacial score (nSPS) is 18.2. The fraction of sp³-hybridized carbons (Fsp3) is 0.136. The van der Waals surface area contributed by atoms with Crippen molar-refractivity contribution in [2.24, 2.45) is 0 Å².